The molecule has 50 heavy (non-hydrogen) atoms. The Labute approximate surface area is 284 Å². The number of hydrogen-bond acceptors (Lipinski definition) is 2. The van der Waals surface area contributed by atoms with Gasteiger partial charge in [0.05, 0.1) is 22.9 Å². The summed E-state index contributed by atoms with van der Waals surface area (Å²) in [7, 11) is 0. The Balaban J connectivity index is 1.34. The van der Waals surface area contributed by atoms with Gasteiger partial charge >= 0.3 is 12.4 Å². The van der Waals surface area contributed by atoms with Crippen LogP contribution in [0.3, 0.4) is 0 Å². The van der Waals surface area contributed by atoms with Gasteiger partial charge in [-0.15, -0.1) is 0 Å². The minimum absolute atomic E-state index is 0.140. The number of allylic oxidation sites excluding steroid dienone is 2. The van der Waals surface area contributed by atoms with E-state index < -0.39 is 23.5 Å². The van der Waals surface area contributed by atoms with Crippen LogP contribution in [0.25, 0.3) is 32.3 Å². The molecule has 1 unspecified atom stereocenters. The van der Waals surface area contributed by atoms with Crippen LogP contribution in [0.15, 0.2) is 152 Å². The fourth-order valence-corrected chi connectivity index (χ4v) is 7.06. The second kappa shape index (κ2) is 12.0. The van der Waals surface area contributed by atoms with Gasteiger partial charge in [0.15, 0.2) is 0 Å². The predicted molar refractivity (Wildman–Crippen MR) is 190 cm³/mol. The van der Waals surface area contributed by atoms with Crippen molar-refractivity contribution in [2.75, 3.05) is 9.80 Å². The maximum absolute atomic E-state index is 13.5. The van der Waals surface area contributed by atoms with Crippen molar-refractivity contribution in [1.29, 1.82) is 0 Å². The molecule has 0 heterocycles. The van der Waals surface area contributed by atoms with Gasteiger partial charge in [-0.2, -0.15) is 26.3 Å². The third kappa shape index (κ3) is 5.50. The van der Waals surface area contributed by atoms with Crippen molar-refractivity contribution in [2.24, 2.45) is 0 Å². The average molecular weight is 675 g/mol. The van der Waals surface area contributed by atoms with E-state index >= 15 is 0 Å². The van der Waals surface area contributed by atoms with E-state index in [9.17, 15) is 26.3 Å². The van der Waals surface area contributed by atoms with Crippen molar-refractivity contribution in [3.63, 3.8) is 0 Å². The quantitative estimate of drug-likeness (QED) is 0.128. The summed E-state index contributed by atoms with van der Waals surface area (Å²) in [5.74, 6) is 0. The van der Waals surface area contributed by atoms with E-state index in [-0.39, 0.29) is 6.04 Å². The van der Waals surface area contributed by atoms with Crippen molar-refractivity contribution in [3.05, 3.63) is 163 Å². The molecule has 7 aromatic carbocycles. The maximum Gasteiger partial charge on any atom is 0.416 e. The highest BCUT2D eigenvalue weighted by Gasteiger charge is 2.32. The topological polar surface area (TPSA) is 6.48 Å². The number of rotatable bonds is 6. The SMILES string of the molecule is FC(F)(F)c1ccc(N(c2ccccc2)c2ccc3ccc4c(N(c5ccc(C(F)(F)F)cc5)C5C=CC=CC5)ccc5ccc2c3c54)cc1. The van der Waals surface area contributed by atoms with E-state index in [4.69, 9.17) is 0 Å². The second-order valence-corrected chi connectivity index (χ2v) is 12.3. The summed E-state index contributed by atoms with van der Waals surface area (Å²) < 4.78 is 81.1. The molecule has 8 heteroatoms. The molecule has 7 aromatic rings. The number of para-hydroxylation sites is 1. The smallest absolute Gasteiger partial charge is 0.334 e. The van der Waals surface area contributed by atoms with E-state index in [1.54, 1.807) is 0 Å². The molecule has 0 radical (unpaired) electrons. The molecule has 0 fully saturated rings. The molecule has 0 aliphatic heterocycles. The molecule has 0 aromatic heterocycles. The second-order valence-electron chi connectivity index (χ2n) is 12.3. The van der Waals surface area contributed by atoms with Crippen molar-refractivity contribution in [1.82, 2.24) is 0 Å². The molecule has 0 saturated carbocycles. The largest absolute Gasteiger partial charge is 0.416 e. The van der Waals surface area contributed by atoms with Gasteiger partial charge in [0.2, 0.25) is 0 Å². The highest BCUT2D eigenvalue weighted by atomic mass is 19.4. The van der Waals surface area contributed by atoms with Crippen LogP contribution in [0.5, 0.6) is 0 Å². The van der Waals surface area contributed by atoms with Gasteiger partial charge < -0.3 is 9.80 Å². The summed E-state index contributed by atoms with van der Waals surface area (Å²) in [6.07, 6.45) is -0.231. The molecule has 0 bridgehead atoms. The zero-order valence-corrected chi connectivity index (χ0v) is 26.4. The minimum Gasteiger partial charge on any atom is -0.334 e. The summed E-state index contributed by atoms with van der Waals surface area (Å²) in [6.45, 7) is 0. The molecule has 0 amide bonds. The lowest BCUT2D eigenvalue weighted by Crippen LogP contribution is -2.30. The zero-order valence-electron chi connectivity index (χ0n) is 26.4. The summed E-state index contributed by atoms with van der Waals surface area (Å²) in [6, 6.07) is 36.1. The molecule has 248 valence electrons. The highest BCUT2D eigenvalue weighted by molar-refractivity contribution is 6.28. The number of alkyl halides is 6. The third-order valence-electron chi connectivity index (χ3n) is 9.35. The Morgan fingerprint density at radius 3 is 1.52 bits per heavy atom. The molecule has 0 N–H and O–H groups in total. The first kappa shape index (κ1) is 31.5. The molecule has 1 aliphatic carbocycles. The van der Waals surface area contributed by atoms with Crippen molar-refractivity contribution in [2.45, 2.75) is 24.8 Å². The van der Waals surface area contributed by atoms with Gasteiger partial charge in [-0.1, -0.05) is 78.9 Å². The molecular formula is C42H28F6N2. The molecule has 2 nitrogen and oxygen atoms in total. The minimum atomic E-state index is -4.46. The van der Waals surface area contributed by atoms with E-state index in [0.717, 1.165) is 73.6 Å². The van der Waals surface area contributed by atoms with Crippen LogP contribution >= 0.6 is 0 Å². The Hall–Kier alpha value is -5.76. The number of anilines is 5. The Bertz CT molecular complexity index is 2370. The third-order valence-corrected chi connectivity index (χ3v) is 9.35. The van der Waals surface area contributed by atoms with Crippen LogP contribution in [-0.4, -0.2) is 6.04 Å². The van der Waals surface area contributed by atoms with Crippen LogP contribution in [0.1, 0.15) is 17.5 Å². The lowest BCUT2D eigenvalue weighted by Gasteiger charge is -2.34. The van der Waals surface area contributed by atoms with Crippen LogP contribution in [0, 0.1) is 0 Å². The van der Waals surface area contributed by atoms with Gasteiger partial charge in [-0.3, -0.25) is 0 Å². The first-order chi connectivity index (χ1) is 24.1. The van der Waals surface area contributed by atoms with Crippen LogP contribution in [-0.2, 0) is 12.4 Å². The molecule has 1 aliphatic rings. The number of nitrogens with zero attached hydrogens (tertiary/aromatic N) is 2. The van der Waals surface area contributed by atoms with E-state index in [1.165, 1.54) is 24.3 Å². The maximum atomic E-state index is 13.5. The molecule has 8 rings (SSSR count). The average Bonchev–Trinajstić information content (AvgIpc) is 3.12. The van der Waals surface area contributed by atoms with Crippen molar-refractivity contribution >= 4 is 60.8 Å². The summed E-state index contributed by atoms with van der Waals surface area (Å²) in [5.41, 5.74) is 2.21. The molecule has 0 saturated heterocycles. The fraction of sp³-hybridized carbons (Fsp3) is 0.0952. The normalized spacial score (nSPS) is 15.0. The van der Waals surface area contributed by atoms with Gasteiger partial charge in [-0.05, 0) is 101 Å². The van der Waals surface area contributed by atoms with Gasteiger partial charge in [-0.25, -0.2) is 0 Å². The zero-order chi connectivity index (χ0) is 34.6. The van der Waals surface area contributed by atoms with Gasteiger partial charge in [0.25, 0.3) is 0 Å². The molecular weight excluding hydrogens is 646 g/mol. The lowest BCUT2D eigenvalue weighted by atomic mass is 9.91. The van der Waals surface area contributed by atoms with Crippen molar-refractivity contribution < 1.29 is 26.3 Å². The monoisotopic (exact) mass is 674 g/mol. The standard InChI is InChI=1S/C42H28F6N2/c43-41(44,45)29-15-19-33(20-16-29)49(31-7-3-1-4-8-31)37-25-13-27-12-24-36-38(26-14-28-11-23-35(37)39(27)40(28)36)50(32-9-5-2-6-10-32)34-21-17-30(18-22-34)42(46,47)48/h1-9,11-26,32H,10H2. The van der Waals surface area contributed by atoms with Gasteiger partial charge in [0, 0.05) is 33.5 Å². The number of hydrogen-bond donors (Lipinski definition) is 0. The van der Waals surface area contributed by atoms with Crippen molar-refractivity contribution in [3.8, 4) is 0 Å². The van der Waals surface area contributed by atoms with Crippen LogP contribution in [0.2, 0.25) is 0 Å². The highest BCUT2D eigenvalue weighted by Crippen LogP contribution is 2.47. The van der Waals surface area contributed by atoms with E-state index in [2.05, 4.69) is 17.0 Å². The van der Waals surface area contributed by atoms with Crippen LogP contribution in [0.4, 0.5) is 54.8 Å². The first-order valence-electron chi connectivity index (χ1n) is 16.1. The number of halogens is 6. The lowest BCUT2D eigenvalue weighted by molar-refractivity contribution is -0.138. The summed E-state index contributed by atoms with van der Waals surface area (Å²) in [5, 5.41) is 5.79. The summed E-state index contributed by atoms with van der Waals surface area (Å²) in [4.78, 5) is 4.05. The van der Waals surface area contributed by atoms with Crippen LogP contribution < -0.4 is 9.80 Å². The van der Waals surface area contributed by atoms with E-state index in [1.807, 2.05) is 95.9 Å². The predicted octanol–water partition coefficient (Wildman–Crippen LogP) is 13.1. The fourth-order valence-electron chi connectivity index (χ4n) is 7.06. The van der Waals surface area contributed by atoms with E-state index in [0.29, 0.717) is 17.8 Å². The first-order valence-corrected chi connectivity index (χ1v) is 16.1. The summed E-state index contributed by atoms with van der Waals surface area (Å²) >= 11 is 0. The molecule has 1 atom stereocenters. The van der Waals surface area contributed by atoms with Gasteiger partial charge in [0.1, 0.15) is 0 Å². The Kier molecular flexibility index (Phi) is 7.55. The molecule has 0 spiro atoms. The number of benzene rings is 7. The Morgan fingerprint density at radius 1 is 0.480 bits per heavy atom. The Morgan fingerprint density at radius 2 is 0.980 bits per heavy atom.